The Labute approximate surface area is 155 Å². The van der Waals surface area contributed by atoms with Crippen molar-refractivity contribution < 1.29 is 13.6 Å². The van der Waals surface area contributed by atoms with Crippen molar-refractivity contribution in [2.24, 2.45) is 0 Å². The van der Waals surface area contributed by atoms with Gasteiger partial charge in [0.1, 0.15) is 16.9 Å². The predicted octanol–water partition coefficient (Wildman–Crippen LogP) is 3.53. The maximum absolute atomic E-state index is 13.4. The Balaban J connectivity index is 1.83. The SMILES string of the molecule is O=C1c2oc3ccccc3c(=O)c2[C@H](c2ccc(F)cc2)N1c1nncs1. The minimum atomic E-state index is -0.762. The molecule has 0 spiro atoms. The second-order valence-electron chi connectivity index (χ2n) is 6.02. The molecule has 0 unspecified atom stereocenters. The molecular weight excluding hydrogens is 369 g/mol. The lowest BCUT2D eigenvalue weighted by atomic mass is 9.99. The quantitative estimate of drug-likeness (QED) is 0.533. The van der Waals surface area contributed by atoms with E-state index in [1.165, 1.54) is 33.9 Å². The normalized spacial score (nSPS) is 16.1. The van der Waals surface area contributed by atoms with E-state index in [1.54, 1.807) is 36.4 Å². The molecule has 0 fully saturated rings. The summed E-state index contributed by atoms with van der Waals surface area (Å²) in [7, 11) is 0. The number of carbonyl (C=O) groups is 1. The third-order valence-electron chi connectivity index (χ3n) is 4.52. The molecule has 5 rings (SSSR count). The molecule has 4 aromatic rings. The van der Waals surface area contributed by atoms with Gasteiger partial charge in [-0.3, -0.25) is 14.5 Å². The molecule has 2 aromatic heterocycles. The molecule has 1 amide bonds. The molecule has 3 heterocycles. The monoisotopic (exact) mass is 379 g/mol. The number of rotatable bonds is 2. The van der Waals surface area contributed by atoms with Gasteiger partial charge in [-0.05, 0) is 29.8 Å². The number of para-hydroxylation sites is 1. The molecule has 8 heteroatoms. The van der Waals surface area contributed by atoms with Crippen LogP contribution in [0.2, 0.25) is 0 Å². The van der Waals surface area contributed by atoms with E-state index in [0.717, 1.165) is 0 Å². The van der Waals surface area contributed by atoms with Crippen LogP contribution in [0.5, 0.6) is 0 Å². The second-order valence-corrected chi connectivity index (χ2v) is 6.83. The second kappa shape index (κ2) is 5.82. The fourth-order valence-corrected chi connectivity index (χ4v) is 3.93. The van der Waals surface area contributed by atoms with Crippen LogP contribution in [0.25, 0.3) is 11.0 Å². The van der Waals surface area contributed by atoms with Crippen LogP contribution in [0.1, 0.15) is 27.7 Å². The number of fused-ring (bicyclic) bond motifs is 2. The number of aromatic nitrogens is 2. The average molecular weight is 379 g/mol. The fourth-order valence-electron chi connectivity index (χ4n) is 3.35. The third kappa shape index (κ3) is 2.30. The van der Waals surface area contributed by atoms with Gasteiger partial charge in [-0.1, -0.05) is 35.6 Å². The summed E-state index contributed by atoms with van der Waals surface area (Å²) < 4.78 is 19.2. The van der Waals surface area contributed by atoms with Gasteiger partial charge in [-0.2, -0.15) is 0 Å². The molecule has 0 saturated carbocycles. The summed E-state index contributed by atoms with van der Waals surface area (Å²) in [4.78, 5) is 27.7. The summed E-state index contributed by atoms with van der Waals surface area (Å²) in [5, 5.41) is 8.49. The van der Waals surface area contributed by atoms with E-state index in [2.05, 4.69) is 10.2 Å². The maximum Gasteiger partial charge on any atom is 0.297 e. The van der Waals surface area contributed by atoms with Crippen LogP contribution in [-0.2, 0) is 0 Å². The van der Waals surface area contributed by atoms with Crippen LogP contribution in [0, 0.1) is 5.82 Å². The van der Waals surface area contributed by atoms with Gasteiger partial charge in [0, 0.05) is 0 Å². The molecule has 132 valence electrons. The fraction of sp³-hybridized carbons (Fsp3) is 0.0526. The van der Waals surface area contributed by atoms with Gasteiger partial charge in [0.05, 0.1) is 17.0 Å². The van der Waals surface area contributed by atoms with Crippen LogP contribution >= 0.6 is 11.3 Å². The highest BCUT2D eigenvalue weighted by molar-refractivity contribution is 7.13. The van der Waals surface area contributed by atoms with Gasteiger partial charge in [0.15, 0.2) is 5.43 Å². The minimum Gasteiger partial charge on any atom is -0.450 e. The standard InChI is InChI=1S/C19H10FN3O3S/c20-11-7-5-10(6-8-11)15-14-16(24)12-3-1-2-4-13(12)26-17(14)18(25)23(15)19-22-21-9-27-19/h1-9,15H/t15-/m0/s1. The highest BCUT2D eigenvalue weighted by Gasteiger charge is 2.44. The van der Waals surface area contributed by atoms with Crippen molar-refractivity contribution in [2.75, 3.05) is 4.90 Å². The van der Waals surface area contributed by atoms with E-state index >= 15 is 0 Å². The van der Waals surface area contributed by atoms with Crippen LogP contribution in [0.4, 0.5) is 9.52 Å². The number of halogens is 1. The van der Waals surface area contributed by atoms with E-state index in [1.807, 2.05) is 0 Å². The highest BCUT2D eigenvalue weighted by Crippen LogP contribution is 2.41. The highest BCUT2D eigenvalue weighted by atomic mass is 32.1. The van der Waals surface area contributed by atoms with E-state index in [9.17, 15) is 14.0 Å². The molecule has 0 radical (unpaired) electrons. The number of carbonyl (C=O) groups excluding carboxylic acids is 1. The first kappa shape index (κ1) is 15.8. The van der Waals surface area contributed by atoms with Crippen molar-refractivity contribution in [1.82, 2.24) is 10.2 Å². The van der Waals surface area contributed by atoms with Crippen LogP contribution in [0.3, 0.4) is 0 Å². The largest absolute Gasteiger partial charge is 0.450 e. The summed E-state index contributed by atoms with van der Waals surface area (Å²) in [6, 6.07) is 11.7. The zero-order valence-corrected chi connectivity index (χ0v) is 14.4. The van der Waals surface area contributed by atoms with Gasteiger partial charge >= 0.3 is 0 Å². The Kier molecular flexibility index (Phi) is 3.41. The molecule has 0 aliphatic carbocycles. The molecule has 1 aliphatic heterocycles. The van der Waals surface area contributed by atoms with Crippen LogP contribution in [0.15, 0.2) is 63.3 Å². The van der Waals surface area contributed by atoms with Gasteiger partial charge in [-0.15, -0.1) is 10.2 Å². The Bertz CT molecular complexity index is 1240. The van der Waals surface area contributed by atoms with E-state index in [0.29, 0.717) is 21.7 Å². The van der Waals surface area contributed by atoms with Crippen molar-refractivity contribution in [3.63, 3.8) is 0 Å². The Morgan fingerprint density at radius 1 is 1.07 bits per heavy atom. The maximum atomic E-state index is 13.4. The number of amides is 1. The summed E-state index contributed by atoms with van der Waals surface area (Å²) in [5.74, 6) is -0.904. The number of hydrogen-bond donors (Lipinski definition) is 0. The average Bonchev–Trinajstić information content (AvgIpc) is 3.30. The van der Waals surface area contributed by atoms with E-state index < -0.39 is 17.8 Å². The lowest BCUT2D eigenvalue weighted by Gasteiger charge is -2.21. The lowest BCUT2D eigenvalue weighted by molar-refractivity contribution is 0.0970. The first-order valence-electron chi connectivity index (χ1n) is 8.06. The zero-order chi connectivity index (χ0) is 18.5. The third-order valence-corrected chi connectivity index (χ3v) is 5.21. The molecule has 0 bridgehead atoms. The van der Waals surface area contributed by atoms with E-state index in [-0.39, 0.29) is 16.8 Å². The molecule has 2 aromatic carbocycles. The van der Waals surface area contributed by atoms with Gasteiger partial charge in [0.2, 0.25) is 10.9 Å². The number of anilines is 1. The first-order valence-corrected chi connectivity index (χ1v) is 8.94. The summed E-state index contributed by atoms with van der Waals surface area (Å²) in [6.07, 6.45) is 0. The summed E-state index contributed by atoms with van der Waals surface area (Å²) in [5.41, 5.74) is 2.36. The number of hydrogen-bond acceptors (Lipinski definition) is 6. The minimum absolute atomic E-state index is 0.0248. The molecule has 6 nitrogen and oxygen atoms in total. The first-order chi connectivity index (χ1) is 13.1. The number of benzene rings is 2. The van der Waals surface area contributed by atoms with Crippen molar-refractivity contribution in [1.29, 1.82) is 0 Å². The van der Waals surface area contributed by atoms with Crippen molar-refractivity contribution in [3.8, 4) is 0 Å². The molecule has 0 saturated heterocycles. The van der Waals surface area contributed by atoms with Crippen molar-refractivity contribution in [2.45, 2.75) is 6.04 Å². The molecule has 1 atom stereocenters. The predicted molar refractivity (Wildman–Crippen MR) is 97.4 cm³/mol. The Hall–Kier alpha value is -3.39. The molecule has 1 aliphatic rings. The Morgan fingerprint density at radius 2 is 1.85 bits per heavy atom. The smallest absolute Gasteiger partial charge is 0.297 e. The lowest BCUT2D eigenvalue weighted by Crippen LogP contribution is -2.29. The molecular formula is C19H10FN3O3S. The Morgan fingerprint density at radius 3 is 2.59 bits per heavy atom. The zero-order valence-electron chi connectivity index (χ0n) is 13.6. The summed E-state index contributed by atoms with van der Waals surface area (Å²) >= 11 is 1.17. The molecule has 27 heavy (non-hydrogen) atoms. The van der Waals surface area contributed by atoms with Gasteiger partial charge in [-0.25, -0.2) is 4.39 Å². The number of nitrogens with zero attached hydrogens (tertiary/aromatic N) is 3. The van der Waals surface area contributed by atoms with Gasteiger partial charge in [0.25, 0.3) is 5.91 Å². The van der Waals surface area contributed by atoms with Crippen LogP contribution < -0.4 is 10.3 Å². The van der Waals surface area contributed by atoms with Crippen LogP contribution in [-0.4, -0.2) is 16.1 Å². The van der Waals surface area contributed by atoms with Crippen molar-refractivity contribution >= 4 is 33.3 Å². The van der Waals surface area contributed by atoms with Gasteiger partial charge < -0.3 is 4.42 Å². The van der Waals surface area contributed by atoms with Crippen molar-refractivity contribution in [3.05, 3.63) is 87.0 Å². The van der Waals surface area contributed by atoms with E-state index in [4.69, 9.17) is 4.42 Å². The summed E-state index contributed by atoms with van der Waals surface area (Å²) in [6.45, 7) is 0. The topological polar surface area (TPSA) is 76.3 Å². The molecule has 0 N–H and O–H groups in total.